The summed E-state index contributed by atoms with van der Waals surface area (Å²) < 4.78 is 44.2. The SMILES string of the molecule is FC(F)(F)c1cccc(Nc2nnc(-c3sccc3SCc3ccncc3)o2)c1. The Balaban J connectivity index is 1.48. The van der Waals surface area contributed by atoms with Gasteiger partial charge >= 0.3 is 12.2 Å². The van der Waals surface area contributed by atoms with Crippen LogP contribution >= 0.6 is 23.1 Å². The second-order valence-corrected chi connectivity index (χ2v) is 7.81. The Morgan fingerprint density at radius 1 is 1.07 bits per heavy atom. The average Bonchev–Trinajstić information content (AvgIpc) is 3.36. The number of nitrogens with one attached hydrogen (secondary N) is 1. The summed E-state index contributed by atoms with van der Waals surface area (Å²) in [4.78, 5) is 5.80. The third kappa shape index (κ3) is 4.77. The van der Waals surface area contributed by atoms with Gasteiger partial charge in [0.1, 0.15) is 4.88 Å². The zero-order valence-corrected chi connectivity index (χ0v) is 16.3. The summed E-state index contributed by atoms with van der Waals surface area (Å²) in [6, 6.07) is 10.7. The van der Waals surface area contributed by atoms with E-state index in [1.165, 1.54) is 23.5 Å². The Hall–Kier alpha value is -2.85. The average molecular weight is 434 g/mol. The molecule has 3 aromatic heterocycles. The van der Waals surface area contributed by atoms with Gasteiger partial charge in [-0.25, -0.2) is 0 Å². The predicted octanol–water partition coefficient (Wildman–Crippen LogP) is 6.25. The van der Waals surface area contributed by atoms with Crippen molar-refractivity contribution in [3.63, 3.8) is 0 Å². The van der Waals surface area contributed by atoms with Crippen molar-refractivity contribution in [3.8, 4) is 10.8 Å². The largest absolute Gasteiger partial charge is 0.416 e. The fourth-order valence-corrected chi connectivity index (χ4v) is 4.48. The highest BCUT2D eigenvalue weighted by Crippen LogP contribution is 2.38. The molecule has 29 heavy (non-hydrogen) atoms. The molecular weight excluding hydrogens is 421 g/mol. The molecule has 0 aliphatic rings. The summed E-state index contributed by atoms with van der Waals surface area (Å²) in [5.41, 5.74) is 0.600. The number of alkyl halides is 3. The Morgan fingerprint density at radius 3 is 2.69 bits per heavy atom. The standard InChI is InChI=1S/C19H13F3N4OS2/c20-19(21,22)13-2-1-3-14(10-13)24-18-26-25-17(27-18)16-15(6-9-28-16)29-11-12-4-7-23-8-5-12/h1-10H,11H2,(H,24,26). The number of thiophene rings is 1. The quantitative estimate of drug-likeness (QED) is 0.362. The molecule has 0 saturated heterocycles. The minimum absolute atomic E-state index is 0.0257. The fourth-order valence-electron chi connectivity index (χ4n) is 2.47. The molecule has 0 bridgehead atoms. The first-order valence-electron chi connectivity index (χ1n) is 8.36. The van der Waals surface area contributed by atoms with E-state index in [-0.39, 0.29) is 11.7 Å². The summed E-state index contributed by atoms with van der Waals surface area (Å²) in [7, 11) is 0. The predicted molar refractivity (Wildman–Crippen MR) is 106 cm³/mol. The van der Waals surface area contributed by atoms with Gasteiger partial charge in [-0.3, -0.25) is 4.98 Å². The highest BCUT2D eigenvalue weighted by molar-refractivity contribution is 7.98. The van der Waals surface area contributed by atoms with Gasteiger partial charge in [-0.15, -0.1) is 28.2 Å². The first-order valence-corrected chi connectivity index (χ1v) is 10.2. The molecule has 148 valence electrons. The van der Waals surface area contributed by atoms with E-state index in [4.69, 9.17) is 4.42 Å². The van der Waals surface area contributed by atoms with E-state index in [1.54, 1.807) is 24.2 Å². The van der Waals surface area contributed by atoms with Crippen LogP contribution in [0.25, 0.3) is 10.8 Å². The molecule has 0 saturated carbocycles. The van der Waals surface area contributed by atoms with Gasteiger partial charge in [0.05, 0.1) is 5.56 Å². The minimum atomic E-state index is -4.42. The molecule has 0 unspecified atom stereocenters. The van der Waals surface area contributed by atoms with E-state index >= 15 is 0 Å². The lowest BCUT2D eigenvalue weighted by molar-refractivity contribution is -0.137. The summed E-state index contributed by atoms with van der Waals surface area (Å²) in [6.45, 7) is 0. The van der Waals surface area contributed by atoms with Gasteiger partial charge in [0.15, 0.2) is 0 Å². The van der Waals surface area contributed by atoms with Crippen molar-refractivity contribution >= 4 is 34.8 Å². The third-order valence-electron chi connectivity index (χ3n) is 3.83. The van der Waals surface area contributed by atoms with E-state index in [2.05, 4.69) is 20.5 Å². The van der Waals surface area contributed by atoms with Gasteiger partial charge in [-0.1, -0.05) is 11.2 Å². The normalized spacial score (nSPS) is 11.6. The van der Waals surface area contributed by atoms with E-state index in [0.717, 1.165) is 33.2 Å². The number of thioether (sulfide) groups is 1. The van der Waals surface area contributed by atoms with Crippen molar-refractivity contribution < 1.29 is 17.6 Å². The van der Waals surface area contributed by atoms with Gasteiger partial charge in [-0.05, 0) is 47.3 Å². The molecule has 0 aliphatic heterocycles. The number of hydrogen-bond acceptors (Lipinski definition) is 7. The lowest BCUT2D eigenvalue weighted by atomic mass is 10.2. The van der Waals surface area contributed by atoms with Crippen LogP contribution in [0.15, 0.2) is 69.6 Å². The number of anilines is 2. The second kappa shape index (κ2) is 8.26. The third-order valence-corrected chi connectivity index (χ3v) is 5.99. The Labute approximate surface area is 172 Å². The maximum absolute atomic E-state index is 12.9. The summed E-state index contributed by atoms with van der Waals surface area (Å²) in [5.74, 6) is 1.07. The second-order valence-electron chi connectivity index (χ2n) is 5.87. The van der Waals surface area contributed by atoms with Crippen LogP contribution in [0.2, 0.25) is 0 Å². The smallest absolute Gasteiger partial charge is 0.402 e. The molecule has 4 rings (SSSR count). The van der Waals surface area contributed by atoms with Gasteiger partial charge < -0.3 is 9.73 Å². The zero-order chi connectivity index (χ0) is 20.3. The maximum Gasteiger partial charge on any atom is 0.416 e. The van der Waals surface area contributed by atoms with Crippen molar-refractivity contribution in [1.82, 2.24) is 15.2 Å². The summed E-state index contributed by atoms with van der Waals surface area (Å²) in [6.07, 6.45) is -0.933. The van der Waals surface area contributed by atoms with Crippen LogP contribution < -0.4 is 5.32 Å². The topological polar surface area (TPSA) is 63.8 Å². The molecule has 4 aromatic rings. The van der Waals surface area contributed by atoms with Crippen LogP contribution in [0.1, 0.15) is 11.1 Å². The monoisotopic (exact) mass is 434 g/mol. The van der Waals surface area contributed by atoms with Crippen molar-refractivity contribution in [2.24, 2.45) is 0 Å². The van der Waals surface area contributed by atoms with Gasteiger partial charge in [0.2, 0.25) is 0 Å². The maximum atomic E-state index is 12.9. The van der Waals surface area contributed by atoms with Crippen molar-refractivity contribution in [2.45, 2.75) is 16.8 Å². The Kier molecular flexibility index (Phi) is 5.54. The van der Waals surface area contributed by atoms with E-state index in [9.17, 15) is 13.2 Å². The fraction of sp³-hybridized carbons (Fsp3) is 0.105. The van der Waals surface area contributed by atoms with Crippen molar-refractivity contribution in [2.75, 3.05) is 5.32 Å². The van der Waals surface area contributed by atoms with Crippen LogP contribution in [-0.4, -0.2) is 15.2 Å². The highest BCUT2D eigenvalue weighted by atomic mass is 32.2. The van der Waals surface area contributed by atoms with Gasteiger partial charge in [0, 0.05) is 28.7 Å². The van der Waals surface area contributed by atoms with Crippen LogP contribution in [0.4, 0.5) is 24.9 Å². The molecule has 3 heterocycles. The van der Waals surface area contributed by atoms with E-state index in [0.29, 0.717) is 5.89 Å². The number of halogens is 3. The molecule has 0 atom stereocenters. The first kappa shape index (κ1) is 19.5. The molecule has 0 spiro atoms. The van der Waals surface area contributed by atoms with Crippen molar-refractivity contribution in [1.29, 1.82) is 0 Å². The zero-order valence-electron chi connectivity index (χ0n) is 14.7. The number of hydrogen-bond donors (Lipinski definition) is 1. The minimum Gasteiger partial charge on any atom is -0.402 e. The number of rotatable bonds is 6. The molecular formula is C19H13F3N4OS2. The highest BCUT2D eigenvalue weighted by Gasteiger charge is 2.30. The first-order chi connectivity index (χ1) is 14.0. The van der Waals surface area contributed by atoms with Gasteiger partial charge in [0.25, 0.3) is 5.89 Å². The van der Waals surface area contributed by atoms with Crippen LogP contribution in [0, 0.1) is 0 Å². The van der Waals surface area contributed by atoms with Crippen molar-refractivity contribution in [3.05, 3.63) is 71.4 Å². The number of nitrogens with zero attached hydrogens (tertiary/aromatic N) is 3. The molecule has 0 aliphatic carbocycles. The molecule has 0 amide bonds. The van der Waals surface area contributed by atoms with Crippen LogP contribution in [-0.2, 0) is 11.9 Å². The number of benzene rings is 1. The Morgan fingerprint density at radius 2 is 1.90 bits per heavy atom. The van der Waals surface area contributed by atoms with Gasteiger partial charge in [-0.2, -0.15) is 13.2 Å². The lowest BCUT2D eigenvalue weighted by Gasteiger charge is -2.08. The van der Waals surface area contributed by atoms with E-state index < -0.39 is 11.7 Å². The summed E-state index contributed by atoms with van der Waals surface area (Å²) in [5, 5.41) is 12.6. The van der Waals surface area contributed by atoms with E-state index in [1.807, 2.05) is 23.6 Å². The lowest BCUT2D eigenvalue weighted by Crippen LogP contribution is -2.05. The Bertz CT molecular complexity index is 1100. The molecule has 1 aromatic carbocycles. The molecule has 1 N–H and O–H groups in total. The van der Waals surface area contributed by atoms with Crippen LogP contribution in [0.3, 0.4) is 0 Å². The summed E-state index contributed by atoms with van der Waals surface area (Å²) >= 11 is 3.09. The number of pyridine rings is 1. The molecule has 10 heteroatoms. The van der Waals surface area contributed by atoms with Crippen LogP contribution in [0.5, 0.6) is 0 Å². The molecule has 5 nitrogen and oxygen atoms in total. The number of aromatic nitrogens is 3. The molecule has 0 fully saturated rings. The molecule has 0 radical (unpaired) electrons.